The molecule has 6 atom stereocenters. The number of imidazole rings is 1. The van der Waals surface area contributed by atoms with Crippen molar-refractivity contribution in [2.75, 3.05) is 62.7 Å². The molecule has 2 aliphatic heterocycles. The molecule has 0 saturated carbocycles. The average Bonchev–Trinajstić information content (AvgIpc) is 2.27. The van der Waals surface area contributed by atoms with E-state index < -0.39 is 107 Å². The number of hydrogen-bond acceptors (Lipinski definition) is 23. The number of aromatic nitrogens is 4. The van der Waals surface area contributed by atoms with Crippen LogP contribution in [0.2, 0.25) is 0 Å². The Hall–Kier alpha value is -6.07. The van der Waals surface area contributed by atoms with Gasteiger partial charge in [0, 0.05) is 67.8 Å². The van der Waals surface area contributed by atoms with Crippen LogP contribution in [-0.2, 0) is 56.6 Å². The summed E-state index contributed by atoms with van der Waals surface area (Å²) in [5, 5.41) is 30.4. The van der Waals surface area contributed by atoms with E-state index in [1.54, 1.807) is 32.0 Å². The van der Waals surface area contributed by atoms with Gasteiger partial charge in [-0.05, 0) is 62.9 Å². The van der Waals surface area contributed by atoms with Crippen molar-refractivity contribution >= 4 is 95.2 Å². The maximum atomic E-state index is 14.3. The second-order valence-electron chi connectivity index (χ2n) is 18.5. The van der Waals surface area contributed by atoms with Crippen LogP contribution in [0.25, 0.3) is 44.6 Å². The third-order valence-corrected chi connectivity index (χ3v) is 18.2. The summed E-state index contributed by atoms with van der Waals surface area (Å²) in [6.45, 7) is 3.19. The normalized spacial score (nSPS) is 18.6. The van der Waals surface area contributed by atoms with Crippen molar-refractivity contribution in [2.45, 2.75) is 86.7 Å². The Kier molecular flexibility index (Phi) is 20.2. The number of anilines is 3. The van der Waals surface area contributed by atoms with Crippen molar-refractivity contribution < 1.29 is 106 Å². The number of aliphatic hydroxyl groups is 2. The Morgan fingerprint density at radius 2 is 1.59 bits per heavy atom. The molecule has 4 heterocycles. The Morgan fingerprint density at radius 1 is 0.892 bits per heavy atom. The van der Waals surface area contributed by atoms with Gasteiger partial charge in [-0.15, -0.1) is 0 Å². The van der Waals surface area contributed by atoms with Gasteiger partial charge in [-0.25, -0.2) is 32.1 Å². The number of aliphatic hydroxyl groups excluding tert-OH is 2. The van der Waals surface area contributed by atoms with Crippen LogP contribution in [0.1, 0.15) is 69.0 Å². The molecule has 1 aliphatic carbocycles. The molecule has 4 aromatic rings. The number of H-pyrrole nitrogens is 1. The Bertz CT molecular complexity index is 3910. The first-order chi connectivity index (χ1) is 38.9. The summed E-state index contributed by atoms with van der Waals surface area (Å²) in [6, 6.07) is 11.9. The van der Waals surface area contributed by atoms with Crippen molar-refractivity contribution in [3.63, 3.8) is 0 Å². The van der Waals surface area contributed by atoms with Gasteiger partial charge in [0.25, 0.3) is 11.5 Å². The predicted molar refractivity (Wildman–Crippen MR) is 289 cm³/mol. The van der Waals surface area contributed by atoms with E-state index in [4.69, 9.17) is 24.7 Å². The zero-order chi connectivity index (χ0) is 61.0. The Morgan fingerprint density at radius 3 is 2.25 bits per heavy atom. The van der Waals surface area contributed by atoms with Gasteiger partial charge >= 0.3 is 33.6 Å². The monoisotopic (exact) mass is 1260 g/mol. The molecule has 14 N–H and O–H groups in total. The number of fused-ring (bicyclic) bond motifs is 3. The number of aromatic amines is 1. The first-order valence-electron chi connectivity index (χ1n) is 25.1. The second-order valence-corrected chi connectivity index (χ2v) is 25.6. The van der Waals surface area contributed by atoms with Gasteiger partial charge in [0.2, 0.25) is 28.1 Å². The number of nitrogen functional groups attached to an aromatic ring is 1. The number of benzene rings is 3. The van der Waals surface area contributed by atoms with Crippen molar-refractivity contribution in [3.05, 3.63) is 69.8 Å². The molecule has 2 amide bonds. The zero-order valence-electron chi connectivity index (χ0n) is 44.1. The van der Waals surface area contributed by atoms with Crippen LogP contribution in [0.3, 0.4) is 0 Å². The molecule has 2 aromatic heterocycles. The van der Waals surface area contributed by atoms with Gasteiger partial charge in [-0.2, -0.15) is 22.0 Å². The quantitative estimate of drug-likeness (QED) is 0.0144. The molecule has 454 valence electrons. The smallest absolute Gasteiger partial charge is 0.490 e. The number of hydrogen-bond donors (Lipinski definition) is 13. The minimum atomic E-state index is -5.88. The number of ether oxygens (including phenoxy) is 1. The lowest BCUT2D eigenvalue weighted by Crippen LogP contribution is -2.76. The summed E-state index contributed by atoms with van der Waals surface area (Å²) in [6.07, 6.45) is -4.56. The van der Waals surface area contributed by atoms with E-state index in [9.17, 15) is 74.0 Å². The first-order valence-corrected chi connectivity index (χ1v) is 32.5. The van der Waals surface area contributed by atoms with Gasteiger partial charge in [-0.3, -0.25) is 33.0 Å². The van der Waals surface area contributed by atoms with Crippen molar-refractivity contribution in [1.29, 1.82) is 0 Å². The average molecular weight is 1270 g/mol. The molecule has 2 unspecified atom stereocenters. The predicted octanol–water partition coefficient (Wildman–Crippen LogP) is 0.407. The maximum absolute atomic E-state index is 14.3. The van der Waals surface area contributed by atoms with E-state index in [2.05, 4.69) is 49.0 Å². The number of carbonyl (C=O) groups is 2. The van der Waals surface area contributed by atoms with E-state index in [1.165, 1.54) is 42.3 Å². The molecule has 38 heteroatoms. The summed E-state index contributed by atoms with van der Waals surface area (Å²) in [5.41, 5.74) is 4.28. The van der Waals surface area contributed by atoms with Gasteiger partial charge in [-0.1, -0.05) is 31.0 Å². The number of carbonyl (C=O) groups excluding carboxylic acids is 2. The number of phosphoric ester groups is 1. The van der Waals surface area contributed by atoms with Gasteiger partial charge in [0.1, 0.15) is 39.9 Å². The topological polar surface area (TPSA) is 511 Å². The Balaban J connectivity index is 0.946. The van der Waals surface area contributed by atoms with Gasteiger partial charge < -0.3 is 70.1 Å². The summed E-state index contributed by atoms with van der Waals surface area (Å²) in [5.74, 6) is -1.79. The molecule has 2 aromatic carbocycles. The summed E-state index contributed by atoms with van der Waals surface area (Å²) in [4.78, 5) is 90.1. The lowest BCUT2D eigenvalue weighted by molar-refractivity contribution is -0.498. The van der Waals surface area contributed by atoms with E-state index in [0.717, 1.165) is 4.57 Å². The first kappa shape index (κ1) is 64.5. The SMILES string of the molecule is CCNc1ccc2c(-c3ccccc3C(=O)N(C)CCCC(=O)NCCCCCCNc3nc4c(=O)[nH]c(N)nc4n3[C@@H]3O[C@H](COP(=O)(O)OP(=O)(O)OP(=O)(O)O)[C@@H](O)[C@H]3O)c3ccc(=[NH+]CC)c(S(=O)(=O)O)c-3oc2c1S(=O)(=O)[O-]. The van der Waals surface area contributed by atoms with E-state index in [0.29, 0.717) is 32.2 Å². The number of nitrogens with one attached hydrogen (secondary N) is 5. The number of nitrogens with zero attached hydrogens (tertiary/aromatic N) is 4. The van der Waals surface area contributed by atoms with Crippen LogP contribution in [0, 0.1) is 0 Å². The van der Waals surface area contributed by atoms with Crippen LogP contribution >= 0.6 is 23.5 Å². The fourth-order valence-corrected chi connectivity index (χ4v) is 13.8. The molecular formula is C45H59N10O23P3S2. The van der Waals surface area contributed by atoms with Crippen LogP contribution in [0.4, 0.5) is 17.6 Å². The molecule has 0 spiro atoms. The van der Waals surface area contributed by atoms with Crippen molar-refractivity contribution in [1.82, 2.24) is 29.7 Å². The highest BCUT2D eigenvalue weighted by atomic mass is 32.2. The number of amides is 2. The molecule has 3 aliphatic rings. The van der Waals surface area contributed by atoms with Crippen molar-refractivity contribution in [3.8, 4) is 22.5 Å². The van der Waals surface area contributed by atoms with Crippen LogP contribution in [0.15, 0.2) is 67.5 Å². The third kappa shape index (κ3) is 15.4. The zero-order valence-corrected chi connectivity index (χ0v) is 48.4. The van der Waals surface area contributed by atoms with Gasteiger partial charge in [0.15, 0.2) is 28.7 Å². The number of rotatable bonds is 27. The summed E-state index contributed by atoms with van der Waals surface area (Å²) in [7, 11) is -26.1. The minimum Gasteiger partial charge on any atom is -0.744 e. The molecule has 83 heavy (non-hydrogen) atoms. The van der Waals surface area contributed by atoms with E-state index in [1.807, 2.05) is 0 Å². The van der Waals surface area contributed by atoms with Crippen molar-refractivity contribution in [2.24, 2.45) is 0 Å². The summed E-state index contributed by atoms with van der Waals surface area (Å²) < 4.78 is 135. The largest absolute Gasteiger partial charge is 0.744 e. The standard InChI is InChI=1S/C45H59N10O23P3S2/c1-4-47-28-18-16-26-32(27-17-19-29(48-5-2)39(83(71,72)73)37(27)76-36(26)38(28)82(68,69)70)24-13-8-9-14-25(24)42(60)54(3)22-12-15-31(56)49-20-10-6-7-11-21-50-45-51-33-40(52-44(46)53-41(33)59)55(45)43-35(58)34(57)30(75-43)23-74-80(64,65)78-81(66,67)77-79(61,62)63/h8-9,13-14,16-19,30,34-35,43,47,57-58H,4-7,10-12,15,20-23H2,1-3H3,(H,49,56)(H,50,51)(H,64,65)(H,66,67)(H2,61,62,63)(H,68,69,70)(H,71,72,73)(H3,46,52,53,59)/t30-,34-,35-,43-/m1/s1. The minimum absolute atomic E-state index is 0.0289. The third-order valence-electron chi connectivity index (χ3n) is 12.6. The number of nitrogens with two attached hydrogens (primary N) is 1. The highest BCUT2D eigenvalue weighted by Gasteiger charge is 2.48. The Labute approximate surface area is 471 Å². The van der Waals surface area contributed by atoms with Crippen LogP contribution in [0.5, 0.6) is 0 Å². The summed E-state index contributed by atoms with van der Waals surface area (Å²) >= 11 is 0. The van der Waals surface area contributed by atoms with Crippen LogP contribution in [-0.4, -0.2) is 157 Å². The van der Waals surface area contributed by atoms with Gasteiger partial charge in [0.05, 0.1) is 12.3 Å². The fourth-order valence-electron chi connectivity index (χ4n) is 9.13. The maximum Gasteiger partial charge on any atom is 0.490 e. The highest BCUT2D eigenvalue weighted by molar-refractivity contribution is 7.86. The molecule has 1 saturated heterocycles. The van der Waals surface area contributed by atoms with E-state index >= 15 is 0 Å². The lowest BCUT2D eigenvalue weighted by atomic mass is 9.90. The highest BCUT2D eigenvalue weighted by Crippen LogP contribution is 2.66. The number of phosphoric acid groups is 3. The number of unbranched alkanes of at least 4 members (excludes halogenated alkanes) is 3. The van der Waals surface area contributed by atoms with E-state index in [-0.39, 0.29) is 107 Å². The molecule has 7 rings (SSSR count). The lowest BCUT2D eigenvalue weighted by Gasteiger charge is -2.23. The second kappa shape index (κ2) is 26.0. The fraction of sp³-hybridized carbons (Fsp3) is 0.422. The molecule has 1 fully saturated rings. The molecule has 0 radical (unpaired) electrons. The molecular weight excluding hydrogens is 1210 g/mol. The molecule has 33 nitrogen and oxygen atoms in total. The molecule has 0 bridgehead atoms. The van der Waals surface area contributed by atoms with Crippen LogP contribution < -0.4 is 37.6 Å².